The molecule has 1 unspecified atom stereocenters. The Morgan fingerprint density at radius 3 is 2.89 bits per heavy atom. The van der Waals surface area contributed by atoms with Crippen LogP contribution < -0.4 is 5.32 Å². The van der Waals surface area contributed by atoms with E-state index in [-0.39, 0.29) is 16.9 Å². The first kappa shape index (κ1) is 12.9. The Morgan fingerprint density at radius 2 is 2.22 bits per heavy atom. The topological polar surface area (TPSA) is 37.8 Å². The maximum atomic E-state index is 13.8. The molecule has 0 spiro atoms. The quantitative estimate of drug-likeness (QED) is 0.924. The summed E-state index contributed by atoms with van der Waals surface area (Å²) in [5, 5.41) is 3.24. The zero-order chi connectivity index (χ0) is 13.0. The van der Waals surface area contributed by atoms with E-state index in [1.165, 1.54) is 6.07 Å². The van der Waals surface area contributed by atoms with Gasteiger partial charge in [0, 0.05) is 18.6 Å². The molecule has 0 radical (unpaired) electrons. The summed E-state index contributed by atoms with van der Waals surface area (Å²) >= 11 is 5.76. The molecule has 0 aliphatic carbocycles. The zero-order valence-corrected chi connectivity index (χ0v) is 10.7. The molecule has 18 heavy (non-hydrogen) atoms. The highest BCUT2D eigenvalue weighted by atomic mass is 35.5. The molecule has 0 fully saturated rings. The lowest BCUT2D eigenvalue weighted by atomic mass is 10.0. The number of rotatable bonds is 4. The minimum Gasteiger partial charge on any atom is -0.311 e. The van der Waals surface area contributed by atoms with Crippen LogP contribution in [0.2, 0.25) is 5.02 Å². The molecule has 0 aliphatic rings. The molecule has 2 rings (SSSR count). The van der Waals surface area contributed by atoms with Crippen LogP contribution in [-0.4, -0.2) is 17.0 Å². The van der Waals surface area contributed by atoms with E-state index in [4.69, 9.17) is 11.6 Å². The van der Waals surface area contributed by atoms with Crippen LogP contribution in [0.25, 0.3) is 0 Å². The van der Waals surface area contributed by atoms with E-state index in [9.17, 15) is 4.39 Å². The number of aromatic nitrogens is 2. The van der Waals surface area contributed by atoms with Gasteiger partial charge in [-0.3, -0.25) is 9.97 Å². The third kappa shape index (κ3) is 2.83. The molecular weight excluding hydrogens is 253 g/mol. The highest BCUT2D eigenvalue weighted by Crippen LogP contribution is 2.22. The Labute approximate surface area is 110 Å². The summed E-state index contributed by atoms with van der Waals surface area (Å²) in [6.07, 6.45) is 5.37. The molecule has 0 saturated carbocycles. The van der Waals surface area contributed by atoms with Crippen LogP contribution in [0.15, 0.2) is 36.8 Å². The van der Waals surface area contributed by atoms with E-state index in [1.54, 1.807) is 30.7 Å². The average molecular weight is 266 g/mol. The van der Waals surface area contributed by atoms with Gasteiger partial charge in [-0.25, -0.2) is 4.39 Å². The maximum absolute atomic E-state index is 13.8. The average Bonchev–Trinajstić information content (AvgIpc) is 2.41. The molecule has 1 heterocycles. The third-order valence-electron chi connectivity index (χ3n) is 2.74. The predicted molar refractivity (Wildman–Crippen MR) is 68.9 cm³/mol. The fraction of sp³-hybridized carbons (Fsp3) is 0.231. The second kappa shape index (κ2) is 5.89. The highest BCUT2D eigenvalue weighted by molar-refractivity contribution is 6.30. The van der Waals surface area contributed by atoms with E-state index in [0.29, 0.717) is 12.0 Å². The van der Waals surface area contributed by atoms with E-state index < -0.39 is 0 Å². The second-order valence-corrected chi connectivity index (χ2v) is 4.30. The summed E-state index contributed by atoms with van der Waals surface area (Å²) in [6.45, 7) is 0. The fourth-order valence-corrected chi connectivity index (χ4v) is 1.97. The molecule has 0 bridgehead atoms. The van der Waals surface area contributed by atoms with Gasteiger partial charge in [-0.2, -0.15) is 0 Å². The van der Waals surface area contributed by atoms with Crippen molar-refractivity contribution in [1.82, 2.24) is 15.3 Å². The molecule has 94 valence electrons. The fourth-order valence-electron chi connectivity index (χ4n) is 1.77. The van der Waals surface area contributed by atoms with Gasteiger partial charge in [-0.05, 0) is 25.1 Å². The van der Waals surface area contributed by atoms with Crippen LogP contribution in [0.1, 0.15) is 17.3 Å². The molecule has 1 atom stereocenters. The number of benzene rings is 1. The predicted octanol–water partition coefficient (Wildman–Crippen LogP) is 2.77. The number of hydrogen-bond acceptors (Lipinski definition) is 3. The van der Waals surface area contributed by atoms with Crippen molar-refractivity contribution in [3.05, 3.63) is 58.9 Å². The molecule has 3 nitrogen and oxygen atoms in total. The van der Waals surface area contributed by atoms with Crippen molar-refractivity contribution in [3.8, 4) is 0 Å². The van der Waals surface area contributed by atoms with Gasteiger partial charge in [0.15, 0.2) is 0 Å². The van der Waals surface area contributed by atoms with Crippen molar-refractivity contribution >= 4 is 11.6 Å². The van der Waals surface area contributed by atoms with Gasteiger partial charge < -0.3 is 5.32 Å². The Balaban J connectivity index is 2.24. The van der Waals surface area contributed by atoms with Gasteiger partial charge in [0.2, 0.25) is 0 Å². The van der Waals surface area contributed by atoms with Crippen molar-refractivity contribution in [2.75, 3.05) is 7.05 Å². The number of hydrogen-bond donors (Lipinski definition) is 1. The van der Waals surface area contributed by atoms with Gasteiger partial charge in [0.05, 0.1) is 16.8 Å². The first-order valence-electron chi connectivity index (χ1n) is 5.58. The number of nitrogens with one attached hydrogen (secondary N) is 1. The summed E-state index contributed by atoms with van der Waals surface area (Å²) in [6, 6.07) is 4.91. The Bertz CT molecular complexity index is 519. The second-order valence-electron chi connectivity index (χ2n) is 3.89. The van der Waals surface area contributed by atoms with E-state index >= 15 is 0 Å². The Morgan fingerprint density at radius 1 is 1.39 bits per heavy atom. The van der Waals surface area contributed by atoms with Crippen molar-refractivity contribution in [2.45, 2.75) is 12.5 Å². The number of likely N-dealkylation sites (N-methyl/N-ethyl adjacent to an activating group) is 1. The van der Waals surface area contributed by atoms with Crippen molar-refractivity contribution < 1.29 is 4.39 Å². The van der Waals surface area contributed by atoms with Gasteiger partial charge in [-0.1, -0.05) is 23.7 Å². The monoisotopic (exact) mass is 265 g/mol. The summed E-state index contributed by atoms with van der Waals surface area (Å²) < 4.78 is 13.8. The third-order valence-corrected chi connectivity index (χ3v) is 3.04. The highest BCUT2D eigenvalue weighted by Gasteiger charge is 2.15. The molecule has 1 aromatic heterocycles. The van der Waals surface area contributed by atoms with Crippen LogP contribution in [0.3, 0.4) is 0 Å². The lowest BCUT2D eigenvalue weighted by molar-refractivity contribution is 0.543. The number of nitrogens with zero attached hydrogens (tertiary/aromatic N) is 2. The summed E-state index contributed by atoms with van der Waals surface area (Å²) in [5.41, 5.74) is 1.34. The SMILES string of the molecule is CNC(Cc1cccc(Cl)c1F)c1cnccn1. The molecule has 2 aromatic rings. The standard InChI is InChI=1S/C13H13ClFN3/c1-16-11(12-8-17-5-6-18-12)7-9-3-2-4-10(14)13(9)15/h2-6,8,11,16H,7H2,1H3. The minimum atomic E-state index is -0.372. The first-order valence-corrected chi connectivity index (χ1v) is 5.96. The first-order chi connectivity index (χ1) is 8.72. The van der Waals surface area contributed by atoms with Gasteiger partial charge in [0.1, 0.15) is 5.82 Å². The van der Waals surface area contributed by atoms with Gasteiger partial charge in [-0.15, -0.1) is 0 Å². The Kier molecular flexibility index (Phi) is 4.23. The molecule has 0 saturated heterocycles. The minimum absolute atomic E-state index is 0.0910. The normalized spacial score (nSPS) is 12.4. The van der Waals surface area contributed by atoms with Crippen molar-refractivity contribution in [1.29, 1.82) is 0 Å². The van der Waals surface area contributed by atoms with Crippen molar-refractivity contribution in [3.63, 3.8) is 0 Å². The zero-order valence-electron chi connectivity index (χ0n) is 9.90. The smallest absolute Gasteiger partial charge is 0.145 e. The number of halogens is 2. The summed E-state index contributed by atoms with van der Waals surface area (Å²) in [4.78, 5) is 8.23. The summed E-state index contributed by atoms with van der Waals surface area (Å²) in [7, 11) is 1.81. The lowest BCUT2D eigenvalue weighted by Gasteiger charge is -2.15. The van der Waals surface area contributed by atoms with E-state index in [0.717, 1.165) is 5.69 Å². The molecule has 0 amide bonds. The van der Waals surface area contributed by atoms with Gasteiger partial charge in [0.25, 0.3) is 0 Å². The molecular formula is C13H13ClFN3. The largest absolute Gasteiger partial charge is 0.311 e. The molecule has 5 heteroatoms. The van der Waals surface area contributed by atoms with Crippen LogP contribution in [0.5, 0.6) is 0 Å². The van der Waals surface area contributed by atoms with Crippen LogP contribution in [0, 0.1) is 5.82 Å². The molecule has 1 aromatic carbocycles. The van der Waals surface area contributed by atoms with Crippen LogP contribution in [0.4, 0.5) is 4.39 Å². The maximum Gasteiger partial charge on any atom is 0.145 e. The van der Waals surface area contributed by atoms with Crippen LogP contribution >= 0.6 is 11.6 Å². The summed E-state index contributed by atoms with van der Waals surface area (Å²) in [5.74, 6) is -0.372. The molecule has 1 N–H and O–H groups in total. The van der Waals surface area contributed by atoms with E-state index in [2.05, 4.69) is 15.3 Å². The van der Waals surface area contributed by atoms with Crippen LogP contribution in [-0.2, 0) is 6.42 Å². The van der Waals surface area contributed by atoms with E-state index in [1.807, 2.05) is 7.05 Å². The van der Waals surface area contributed by atoms with Gasteiger partial charge >= 0.3 is 0 Å². The van der Waals surface area contributed by atoms with Crippen molar-refractivity contribution in [2.24, 2.45) is 0 Å². The molecule has 0 aliphatic heterocycles. The Hall–Kier alpha value is -1.52. The lowest BCUT2D eigenvalue weighted by Crippen LogP contribution is -2.20.